The summed E-state index contributed by atoms with van der Waals surface area (Å²) in [5.41, 5.74) is 5.63. The van der Waals surface area contributed by atoms with Gasteiger partial charge in [-0.2, -0.15) is 0 Å². The number of aliphatic imine (C=N–C) groups is 2. The number of rotatable bonds is 4. The van der Waals surface area contributed by atoms with Gasteiger partial charge in [-0.1, -0.05) is 36.4 Å². The molecule has 0 radical (unpaired) electrons. The standard InChI is InChI=1S/C34H36N8/c1-3-15-37-31(7-1)25-41-19-5-6-20-42(26-32-8-2-4-16-38-32)22-18-36-24-30-14-12-28-10-9-27-11-13-29(23-35-17-21-41)39-33(27)34(28)40-30/h1-4,7-16,23-24H,5-6,17-22,25-26H2. The fraction of sp³-hybridized carbons (Fsp3) is 0.294. The van der Waals surface area contributed by atoms with Crippen molar-refractivity contribution in [2.24, 2.45) is 9.98 Å². The summed E-state index contributed by atoms with van der Waals surface area (Å²) >= 11 is 0. The molecule has 4 bridgehead atoms. The fourth-order valence-electron chi connectivity index (χ4n) is 5.31. The highest BCUT2D eigenvalue weighted by molar-refractivity contribution is 6.04. The van der Waals surface area contributed by atoms with Crippen LogP contribution in [-0.4, -0.2) is 81.4 Å². The molecule has 42 heavy (non-hydrogen) atoms. The first-order valence-electron chi connectivity index (χ1n) is 14.7. The molecular weight excluding hydrogens is 520 g/mol. The van der Waals surface area contributed by atoms with Gasteiger partial charge < -0.3 is 0 Å². The van der Waals surface area contributed by atoms with Gasteiger partial charge in [0.15, 0.2) is 0 Å². The molecule has 0 aliphatic carbocycles. The van der Waals surface area contributed by atoms with E-state index in [-0.39, 0.29) is 0 Å². The van der Waals surface area contributed by atoms with Gasteiger partial charge in [-0.25, -0.2) is 9.97 Å². The second kappa shape index (κ2) is 14.0. The Labute approximate surface area is 246 Å². The van der Waals surface area contributed by atoms with E-state index in [1.807, 2.05) is 49.1 Å². The van der Waals surface area contributed by atoms with Crippen molar-refractivity contribution in [3.05, 3.63) is 108 Å². The van der Waals surface area contributed by atoms with Crippen molar-refractivity contribution in [3.63, 3.8) is 0 Å². The van der Waals surface area contributed by atoms with E-state index in [1.54, 1.807) is 0 Å². The summed E-state index contributed by atoms with van der Waals surface area (Å²) in [5, 5.41) is 2.13. The van der Waals surface area contributed by atoms with Gasteiger partial charge in [0.1, 0.15) is 0 Å². The van der Waals surface area contributed by atoms with E-state index in [0.29, 0.717) is 13.1 Å². The average Bonchev–Trinajstić information content (AvgIpc) is 3.03. The molecule has 212 valence electrons. The first-order valence-corrected chi connectivity index (χ1v) is 14.7. The third kappa shape index (κ3) is 7.46. The van der Waals surface area contributed by atoms with E-state index in [9.17, 15) is 0 Å². The molecule has 0 amide bonds. The molecule has 0 N–H and O–H groups in total. The maximum absolute atomic E-state index is 4.94. The van der Waals surface area contributed by atoms with Crippen LogP contribution in [0, 0.1) is 0 Å². The zero-order valence-corrected chi connectivity index (χ0v) is 23.9. The van der Waals surface area contributed by atoms with Crippen molar-refractivity contribution < 1.29 is 0 Å². The number of pyridine rings is 4. The quantitative estimate of drug-likeness (QED) is 0.283. The van der Waals surface area contributed by atoms with Crippen molar-refractivity contribution >= 4 is 34.2 Å². The minimum absolute atomic E-state index is 0.701. The highest BCUT2D eigenvalue weighted by atomic mass is 15.1. The molecule has 8 nitrogen and oxygen atoms in total. The lowest BCUT2D eigenvalue weighted by molar-refractivity contribution is 0.236. The molecule has 0 fully saturated rings. The second-order valence-corrected chi connectivity index (χ2v) is 10.7. The number of hydrogen-bond donors (Lipinski definition) is 0. The number of benzene rings is 1. The van der Waals surface area contributed by atoms with Gasteiger partial charge in [-0.05, 0) is 62.3 Å². The Morgan fingerprint density at radius 2 is 1.00 bits per heavy atom. The van der Waals surface area contributed by atoms with Gasteiger partial charge in [0.05, 0.1) is 46.9 Å². The van der Waals surface area contributed by atoms with Crippen LogP contribution >= 0.6 is 0 Å². The zero-order valence-electron chi connectivity index (χ0n) is 23.9. The molecule has 5 aromatic rings. The summed E-state index contributed by atoms with van der Waals surface area (Å²) in [4.78, 5) is 33.5. The van der Waals surface area contributed by atoms with Crippen LogP contribution in [0.5, 0.6) is 0 Å². The predicted octanol–water partition coefficient (Wildman–Crippen LogP) is 5.21. The van der Waals surface area contributed by atoms with Gasteiger partial charge in [0.2, 0.25) is 0 Å². The maximum Gasteiger partial charge on any atom is 0.0972 e. The minimum atomic E-state index is 0.701. The predicted molar refractivity (Wildman–Crippen MR) is 170 cm³/mol. The van der Waals surface area contributed by atoms with E-state index < -0.39 is 0 Å². The van der Waals surface area contributed by atoms with Gasteiger partial charge in [-0.3, -0.25) is 29.8 Å². The molecule has 4 aromatic heterocycles. The van der Waals surface area contributed by atoms with Gasteiger partial charge in [0.25, 0.3) is 0 Å². The van der Waals surface area contributed by atoms with Crippen molar-refractivity contribution in [1.29, 1.82) is 0 Å². The van der Waals surface area contributed by atoms with E-state index in [2.05, 4.69) is 68.3 Å². The Hall–Kier alpha value is -4.40. The van der Waals surface area contributed by atoms with Crippen molar-refractivity contribution in [2.45, 2.75) is 25.9 Å². The van der Waals surface area contributed by atoms with E-state index in [1.165, 1.54) is 0 Å². The number of nitrogens with zero attached hydrogens (tertiary/aromatic N) is 8. The first kappa shape index (κ1) is 27.8. The molecule has 0 atom stereocenters. The van der Waals surface area contributed by atoms with E-state index in [0.717, 1.165) is 96.7 Å². The van der Waals surface area contributed by atoms with Crippen LogP contribution in [0.3, 0.4) is 0 Å². The number of aromatic nitrogens is 4. The van der Waals surface area contributed by atoms with Crippen LogP contribution in [0.25, 0.3) is 21.8 Å². The molecule has 0 saturated carbocycles. The Kier molecular flexibility index (Phi) is 9.24. The third-order valence-corrected chi connectivity index (χ3v) is 7.52. The Balaban J connectivity index is 1.27. The van der Waals surface area contributed by atoms with E-state index >= 15 is 0 Å². The summed E-state index contributed by atoms with van der Waals surface area (Å²) in [7, 11) is 0. The van der Waals surface area contributed by atoms with Crippen molar-refractivity contribution in [3.8, 4) is 0 Å². The van der Waals surface area contributed by atoms with Crippen LogP contribution in [0.4, 0.5) is 0 Å². The molecule has 8 heteroatoms. The lowest BCUT2D eigenvalue weighted by Gasteiger charge is -2.24. The Bertz CT molecular complexity index is 1530. The van der Waals surface area contributed by atoms with Gasteiger partial charge >= 0.3 is 0 Å². The van der Waals surface area contributed by atoms with Crippen LogP contribution in [-0.2, 0) is 13.1 Å². The second-order valence-electron chi connectivity index (χ2n) is 10.7. The monoisotopic (exact) mass is 556 g/mol. The number of hydrogen-bond acceptors (Lipinski definition) is 8. The van der Waals surface area contributed by atoms with Crippen molar-refractivity contribution in [2.75, 3.05) is 39.3 Å². The van der Waals surface area contributed by atoms with Crippen LogP contribution in [0.15, 0.2) is 95.2 Å². The maximum atomic E-state index is 4.94. The largest absolute Gasteiger partial charge is 0.296 e. The van der Waals surface area contributed by atoms with Crippen LogP contribution < -0.4 is 0 Å². The normalized spacial score (nSPS) is 16.1. The molecule has 6 rings (SSSR count). The molecule has 1 aliphatic heterocycles. The Morgan fingerprint density at radius 3 is 1.45 bits per heavy atom. The molecule has 1 aliphatic rings. The SMILES string of the molecule is C1=NCCN(Cc2ccccn2)CCCCN(Cc2ccccn2)CCN=Cc2ccc3ccc4ccc1nc4c3n2. The first-order chi connectivity index (χ1) is 20.8. The van der Waals surface area contributed by atoms with E-state index in [4.69, 9.17) is 20.0 Å². The summed E-state index contributed by atoms with van der Waals surface area (Å²) < 4.78 is 0. The summed E-state index contributed by atoms with van der Waals surface area (Å²) in [6, 6.07) is 24.7. The highest BCUT2D eigenvalue weighted by Crippen LogP contribution is 2.22. The smallest absolute Gasteiger partial charge is 0.0972 e. The summed E-state index contributed by atoms with van der Waals surface area (Å²) in [6.07, 6.45) is 9.69. The van der Waals surface area contributed by atoms with Crippen LogP contribution in [0.2, 0.25) is 0 Å². The summed E-state index contributed by atoms with van der Waals surface area (Å²) in [6.45, 7) is 6.75. The molecule has 1 aromatic carbocycles. The molecule has 0 saturated heterocycles. The van der Waals surface area contributed by atoms with Crippen LogP contribution in [0.1, 0.15) is 35.6 Å². The Morgan fingerprint density at radius 1 is 0.524 bits per heavy atom. The molecular formula is C34H36N8. The van der Waals surface area contributed by atoms with Crippen molar-refractivity contribution in [1.82, 2.24) is 29.7 Å². The number of fused-ring (bicyclic) bond motifs is 2. The lowest BCUT2D eigenvalue weighted by atomic mass is 10.1. The average molecular weight is 557 g/mol. The topological polar surface area (TPSA) is 82.8 Å². The minimum Gasteiger partial charge on any atom is -0.296 e. The summed E-state index contributed by atoms with van der Waals surface area (Å²) in [5.74, 6) is 0. The third-order valence-electron chi connectivity index (χ3n) is 7.52. The lowest BCUT2D eigenvalue weighted by Crippen LogP contribution is -2.30. The molecule has 0 unspecified atom stereocenters. The molecule has 5 heterocycles. The van der Waals surface area contributed by atoms with Gasteiger partial charge in [-0.15, -0.1) is 0 Å². The zero-order chi connectivity index (χ0) is 28.4. The fourth-order valence-corrected chi connectivity index (χ4v) is 5.31. The highest BCUT2D eigenvalue weighted by Gasteiger charge is 2.11. The molecule has 0 spiro atoms. The van der Waals surface area contributed by atoms with Gasteiger partial charge in [0, 0.05) is 61.8 Å².